The summed E-state index contributed by atoms with van der Waals surface area (Å²) in [5.41, 5.74) is 0.647. The van der Waals surface area contributed by atoms with Crippen LogP contribution in [0.3, 0.4) is 0 Å². The maximum absolute atomic E-state index is 10.6. The molecule has 0 fully saturated rings. The molecule has 0 aromatic rings. The molecule has 0 radical (unpaired) electrons. The number of carbonyl (C=O) groups excluding carboxylic acids is 1. The van der Waals surface area contributed by atoms with Gasteiger partial charge in [0.2, 0.25) is 0 Å². The summed E-state index contributed by atoms with van der Waals surface area (Å²) in [5, 5.41) is 0. The van der Waals surface area contributed by atoms with Gasteiger partial charge in [-0.25, -0.2) is 0 Å². The third-order valence-electron chi connectivity index (χ3n) is 0.870. The Hall–Kier alpha value is 0.875. The first kappa shape index (κ1) is 9.88. The molecule has 0 aliphatic rings. The van der Waals surface area contributed by atoms with E-state index >= 15 is 0 Å². The third kappa shape index (κ3) is 4.30. The van der Waals surface area contributed by atoms with Crippen molar-refractivity contribution < 1.29 is 29.8 Å². The van der Waals surface area contributed by atoms with E-state index in [0.717, 1.165) is 3.93 Å². The minimum atomic E-state index is -0.731. The van der Waals surface area contributed by atoms with Gasteiger partial charge in [-0.15, -0.1) is 0 Å². The molecule has 0 atom stereocenters. The monoisotopic (exact) mass is 428 g/mol. The molecule has 0 spiro atoms. The Morgan fingerprint density at radius 3 is 2.78 bits per heavy atom. The summed E-state index contributed by atoms with van der Waals surface area (Å²) in [6.45, 7) is 3.59. The van der Waals surface area contributed by atoms with Crippen molar-refractivity contribution >= 4 is 23.6 Å². The molecule has 0 saturated carbocycles. The molecule has 4 heteroatoms. The fourth-order valence-corrected chi connectivity index (χ4v) is 7.75. The van der Waals surface area contributed by atoms with Crippen LogP contribution in [0.4, 0.5) is 0 Å². The summed E-state index contributed by atoms with van der Waals surface area (Å²) in [6.07, 6.45) is 0. The van der Waals surface area contributed by atoms with Crippen molar-refractivity contribution in [1.29, 1.82) is 0 Å². The van der Waals surface area contributed by atoms with Gasteiger partial charge < -0.3 is 0 Å². The van der Waals surface area contributed by atoms with Crippen LogP contribution in [0, 0.1) is 0 Å². The topological polar surface area (TPSA) is 26.3 Å². The van der Waals surface area contributed by atoms with Gasteiger partial charge in [-0.3, -0.25) is 0 Å². The number of carbonyl (C=O) groups is 1. The molecule has 0 aromatic heterocycles. The van der Waals surface area contributed by atoms with Gasteiger partial charge >= 0.3 is 76.6 Å². The normalized spacial score (nSPS) is 7.78. The Balaban J connectivity index is 3.60. The second kappa shape index (κ2) is 5.64. The van der Waals surface area contributed by atoms with Crippen LogP contribution in [0.15, 0.2) is 12.2 Å². The van der Waals surface area contributed by atoms with Gasteiger partial charge in [0, 0.05) is 0 Å². The van der Waals surface area contributed by atoms with Gasteiger partial charge in [0.15, 0.2) is 0 Å². The number of methoxy groups -OCH3 is 1. The molecule has 2 nitrogen and oxygen atoms in total. The Bertz CT molecular complexity index is 124. The van der Waals surface area contributed by atoms with Gasteiger partial charge in [-0.1, -0.05) is 0 Å². The Kier molecular flexibility index (Phi) is 6.19. The second-order valence-electron chi connectivity index (χ2n) is 1.53. The van der Waals surface area contributed by atoms with E-state index in [1.807, 2.05) is 0 Å². The molecule has 0 aliphatic carbocycles. The quantitative estimate of drug-likeness (QED) is 0.296. The molecule has 0 unspecified atom stereocenters. The number of ether oxygens (including phenoxy) is 1. The van der Waals surface area contributed by atoms with Crippen molar-refractivity contribution in [2.45, 2.75) is 3.93 Å². The van der Waals surface area contributed by atoms with E-state index in [9.17, 15) is 4.79 Å². The Labute approximate surface area is 75.8 Å². The van der Waals surface area contributed by atoms with E-state index in [4.69, 9.17) is 0 Å². The molecule has 9 heavy (non-hydrogen) atoms. The van der Waals surface area contributed by atoms with Crippen molar-refractivity contribution in [2.75, 3.05) is 7.11 Å². The van der Waals surface area contributed by atoms with Crippen molar-refractivity contribution in [1.82, 2.24) is 0 Å². The first-order valence-electron chi connectivity index (χ1n) is 2.54. The molecule has 0 aromatic carbocycles. The molecule has 0 saturated heterocycles. The summed E-state index contributed by atoms with van der Waals surface area (Å²) in [7, 11) is 1.39. The van der Waals surface area contributed by atoms with E-state index in [1.165, 1.54) is 7.11 Å². The number of esters is 1. The van der Waals surface area contributed by atoms with Crippen LogP contribution in [0.1, 0.15) is 0 Å². The molecule has 0 bridgehead atoms. The SMILES string of the molecule is C=C([CH2][Hg][I])C(=O)OC. The second-order valence-corrected chi connectivity index (χ2v) is 14.4. The zero-order valence-electron chi connectivity index (χ0n) is 5.32. The fraction of sp³-hybridized carbons (Fsp3) is 0.400. The predicted octanol–water partition coefficient (Wildman–Crippen LogP) is 1.57. The maximum atomic E-state index is 10.6. The Morgan fingerprint density at radius 1 is 1.89 bits per heavy atom. The summed E-state index contributed by atoms with van der Waals surface area (Å²) in [6, 6.07) is 0. The summed E-state index contributed by atoms with van der Waals surface area (Å²) >= 11 is 1.68. The van der Waals surface area contributed by atoms with Crippen LogP contribution in [0.5, 0.6) is 0 Å². The van der Waals surface area contributed by atoms with Gasteiger partial charge in [-0.05, 0) is 0 Å². The minimum absolute atomic E-state index is 0.244. The molecule has 0 N–H and O–H groups in total. The summed E-state index contributed by atoms with van der Waals surface area (Å²) in [4.78, 5) is 10.6. The van der Waals surface area contributed by atoms with E-state index in [0.29, 0.717) is 5.57 Å². The van der Waals surface area contributed by atoms with Crippen molar-refractivity contribution in [2.24, 2.45) is 0 Å². The number of hydrogen-bond acceptors (Lipinski definition) is 2. The molecular weight excluding hydrogens is 420 g/mol. The zero-order chi connectivity index (χ0) is 7.28. The standard InChI is InChI=1S/C5H7O2.Hg.HI/c1-4(2)5(6)7-3;;/h1-2H2,3H3;;1H/q;+1;/p-1. The molecular formula is C5H7HgIO2. The van der Waals surface area contributed by atoms with E-state index < -0.39 is 20.2 Å². The number of rotatable bonds is 3. The van der Waals surface area contributed by atoms with Crippen molar-refractivity contribution in [3.8, 4) is 0 Å². The average Bonchev–Trinajstić information content (AvgIpc) is 1.87. The van der Waals surface area contributed by atoms with Crippen molar-refractivity contribution in [3.63, 3.8) is 0 Å². The molecule has 0 heterocycles. The van der Waals surface area contributed by atoms with Crippen molar-refractivity contribution in [3.05, 3.63) is 12.2 Å². The van der Waals surface area contributed by atoms with E-state index in [-0.39, 0.29) is 5.97 Å². The van der Waals surface area contributed by atoms with E-state index in [1.54, 1.807) is 0 Å². The van der Waals surface area contributed by atoms with Gasteiger partial charge in [0.25, 0.3) is 0 Å². The van der Waals surface area contributed by atoms with Crippen LogP contribution in [-0.2, 0) is 29.8 Å². The first-order chi connectivity index (χ1) is 4.22. The number of halogens is 1. The summed E-state index contributed by atoms with van der Waals surface area (Å²) in [5.74, 6) is -0.244. The van der Waals surface area contributed by atoms with Crippen LogP contribution in [-0.4, -0.2) is 13.1 Å². The van der Waals surface area contributed by atoms with Gasteiger partial charge in [-0.2, -0.15) is 0 Å². The molecule has 0 aliphatic heterocycles. The fourth-order valence-electron chi connectivity index (χ4n) is 0.360. The predicted molar refractivity (Wildman–Crippen MR) is 40.0 cm³/mol. The van der Waals surface area contributed by atoms with Gasteiger partial charge in [0.1, 0.15) is 0 Å². The van der Waals surface area contributed by atoms with Crippen LogP contribution < -0.4 is 0 Å². The van der Waals surface area contributed by atoms with Crippen LogP contribution in [0.2, 0.25) is 3.93 Å². The first-order valence-corrected chi connectivity index (χ1v) is 21.9. The average molecular weight is 427 g/mol. The molecule has 0 rings (SSSR count). The van der Waals surface area contributed by atoms with Crippen LogP contribution >= 0.6 is 17.7 Å². The Morgan fingerprint density at radius 2 is 2.44 bits per heavy atom. The number of hydrogen-bond donors (Lipinski definition) is 0. The van der Waals surface area contributed by atoms with Crippen LogP contribution in [0.25, 0.3) is 0 Å². The zero-order valence-corrected chi connectivity index (χ0v) is 13.0. The molecule has 48 valence electrons. The van der Waals surface area contributed by atoms with Gasteiger partial charge in [0.05, 0.1) is 0 Å². The third-order valence-corrected chi connectivity index (χ3v) is 8.68. The molecule has 0 amide bonds. The van der Waals surface area contributed by atoms with E-state index in [2.05, 4.69) is 29.0 Å². The summed E-state index contributed by atoms with van der Waals surface area (Å²) < 4.78 is 5.40.